The average Bonchev–Trinajstić information content (AvgIpc) is 3.10. The van der Waals surface area contributed by atoms with Crippen molar-refractivity contribution >= 4 is 10.0 Å². The summed E-state index contributed by atoms with van der Waals surface area (Å²) in [5, 5.41) is 0. The minimum atomic E-state index is -3.63. The normalized spacial score (nSPS) is 17.9. The molecule has 140 valence electrons. The molecule has 2 aromatic rings. The molecule has 0 aliphatic carbocycles. The third-order valence-electron chi connectivity index (χ3n) is 4.25. The van der Waals surface area contributed by atoms with Crippen molar-refractivity contribution < 1.29 is 22.6 Å². The van der Waals surface area contributed by atoms with E-state index < -0.39 is 10.0 Å². The molecule has 0 amide bonds. The maximum Gasteiger partial charge on any atom is 0.243 e. The first-order valence-electron chi connectivity index (χ1n) is 8.26. The van der Waals surface area contributed by atoms with E-state index in [1.807, 2.05) is 19.1 Å². The predicted octanol–water partition coefficient (Wildman–Crippen LogP) is 2.25. The molecule has 0 radical (unpaired) electrons. The Balaban J connectivity index is 1.75. The Morgan fingerprint density at radius 3 is 2.58 bits per heavy atom. The van der Waals surface area contributed by atoms with Gasteiger partial charge in [0.25, 0.3) is 0 Å². The van der Waals surface area contributed by atoms with Crippen LogP contribution in [0.5, 0.6) is 17.4 Å². The molecule has 3 rings (SSSR count). The lowest BCUT2D eigenvalue weighted by molar-refractivity contribution is 0.206. The maximum atomic E-state index is 12.9. The van der Waals surface area contributed by atoms with Crippen molar-refractivity contribution in [3.8, 4) is 17.4 Å². The van der Waals surface area contributed by atoms with Crippen LogP contribution in [0.4, 0.5) is 0 Å². The van der Waals surface area contributed by atoms with Crippen LogP contribution in [0.2, 0.25) is 0 Å². The van der Waals surface area contributed by atoms with Crippen LogP contribution < -0.4 is 14.2 Å². The van der Waals surface area contributed by atoms with Crippen molar-refractivity contribution in [3.05, 3.63) is 42.1 Å². The predicted molar refractivity (Wildman–Crippen MR) is 96.3 cm³/mol. The number of sulfonamides is 1. The summed E-state index contributed by atoms with van der Waals surface area (Å²) in [6.45, 7) is 2.56. The minimum Gasteiger partial charge on any atom is -0.493 e. The van der Waals surface area contributed by atoms with E-state index in [2.05, 4.69) is 4.98 Å². The minimum absolute atomic E-state index is 0.171. The Hall–Kier alpha value is -2.32. The third-order valence-corrected chi connectivity index (χ3v) is 6.11. The van der Waals surface area contributed by atoms with E-state index in [1.54, 1.807) is 12.1 Å². The molecule has 1 saturated heterocycles. The zero-order valence-electron chi connectivity index (χ0n) is 15.0. The lowest BCUT2D eigenvalue weighted by atomic mass is 10.3. The van der Waals surface area contributed by atoms with E-state index in [-0.39, 0.29) is 17.5 Å². The summed E-state index contributed by atoms with van der Waals surface area (Å²) < 4.78 is 43.5. The first-order chi connectivity index (χ1) is 12.4. The fraction of sp³-hybridized carbons (Fsp3) is 0.389. The summed E-state index contributed by atoms with van der Waals surface area (Å²) in [6.07, 6.45) is 0.390. The lowest BCUT2D eigenvalue weighted by Crippen LogP contribution is -2.31. The van der Waals surface area contributed by atoms with Gasteiger partial charge in [-0.15, -0.1) is 0 Å². The van der Waals surface area contributed by atoms with Gasteiger partial charge in [0.05, 0.1) is 25.7 Å². The van der Waals surface area contributed by atoms with Crippen molar-refractivity contribution in [2.45, 2.75) is 24.3 Å². The first-order valence-corrected chi connectivity index (χ1v) is 9.70. The van der Waals surface area contributed by atoms with Crippen molar-refractivity contribution in [2.24, 2.45) is 0 Å². The molecule has 1 fully saturated rings. The first kappa shape index (κ1) is 18.5. The molecule has 26 heavy (non-hydrogen) atoms. The van der Waals surface area contributed by atoms with Crippen LogP contribution in [0.25, 0.3) is 0 Å². The zero-order chi connectivity index (χ0) is 18.7. The number of rotatable bonds is 6. The number of nitrogens with zero attached hydrogens (tertiary/aromatic N) is 2. The van der Waals surface area contributed by atoms with Crippen molar-refractivity contribution in [2.75, 3.05) is 27.3 Å². The highest BCUT2D eigenvalue weighted by molar-refractivity contribution is 7.89. The van der Waals surface area contributed by atoms with Crippen molar-refractivity contribution in [1.82, 2.24) is 9.29 Å². The number of methoxy groups -OCH3 is 2. The molecule has 1 aliphatic rings. The van der Waals surface area contributed by atoms with Gasteiger partial charge in [0, 0.05) is 24.4 Å². The molecule has 1 aromatic heterocycles. The van der Waals surface area contributed by atoms with E-state index >= 15 is 0 Å². The Labute approximate surface area is 153 Å². The number of hydrogen-bond donors (Lipinski definition) is 0. The molecular formula is C18H22N2O5S. The SMILES string of the molecule is COc1ccc(S(=O)(=O)N2CCC(Oc3cccc(C)n3)C2)cc1OC. The van der Waals surface area contributed by atoms with Crippen molar-refractivity contribution in [3.63, 3.8) is 0 Å². The fourth-order valence-electron chi connectivity index (χ4n) is 2.89. The smallest absolute Gasteiger partial charge is 0.243 e. The Bertz CT molecular complexity index is 885. The summed E-state index contributed by atoms with van der Waals surface area (Å²) in [5.41, 5.74) is 0.857. The third kappa shape index (κ3) is 3.76. The van der Waals surface area contributed by atoms with Gasteiger partial charge in [0.15, 0.2) is 11.5 Å². The average molecular weight is 378 g/mol. The van der Waals surface area contributed by atoms with Gasteiger partial charge < -0.3 is 14.2 Å². The van der Waals surface area contributed by atoms with E-state index in [0.717, 1.165) is 5.69 Å². The molecule has 1 aliphatic heterocycles. The van der Waals surface area contributed by atoms with Crippen LogP contribution in [0.3, 0.4) is 0 Å². The second-order valence-corrected chi connectivity index (χ2v) is 7.96. The number of ether oxygens (including phenoxy) is 3. The molecule has 7 nitrogen and oxygen atoms in total. The van der Waals surface area contributed by atoms with Crippen molar-refractivity contribution in [1.29, 1.82) is 0 Å². The summed E-state index contributed by atoms with van der Waals surface area (Å²) >= 11 is 0. The van der Waals surface area contributed by atoms with E-state index in [0.29, 0.717) is 30.3 Å². The maximum absolute atomic E-state index is 12.9. The molecule has 2 heterocycles. The van der Waals surface area contributed by atoms with Gasteiger partial charge in [0.1, 0.15) is 6.10 Å². The molecule has 1 unspecified atom stereocenters. The molecule has 0 N–H and O–H groups in total. The molecule has 0 saturated carbocycles. The highest BCUT2D eigenvalue weighted by atomic mass is 32.2. The van der Waals surface area contributed by atoms with Crippen LogP contribution in [0.15, 0.2) is 41.3 Å². The van der Waals surface area contributed by atoms with Gasteiger partial charge in [-0.05, 0) is 31.5 Å². The second-order valence-electron chi connectivity index (χ2n) is 6.03. The molecular weight excluding hydrogens is 356 g/mol. The molecule has 1 atom stereocenters. The molecule has 1 aromatic carbocycles. The van der Waals surface area contributed by atoms with E-state index in [9.17, 15) is 8.42 Å². The van der Waals surface area contributed by atoms with Gasteiger partial charge in [-0.3, -0.25) is 0 Å². The molecule has 8 heteroatoms. The number of benzene rings is 1. The van der Waals surface area contributed by atoms with E-state index in [4.69, 9.17) is 14.2 Å². The standard InChI is InChI=1S/C18H22N2O5S/c1-13-5-4-6-18(19-13)25-14-9-10-20(12-14)26(21,22)15-7-8-16(23-2)17(11-15)24-3/h4-8,11,14H,9-10,12H2,1-3H3. The van der Waals surface area contributed by atoms with Crippen LogP contribution >= 0.6 is 0 Å². The zero-order valence-corrected chi connectivity index (χ0v) is 15.8. The summed E-state index contributed by atoms with van der Waals surface area (Å²) in [7, 11) is -0.650. The van der Waals surface area contributed by atoms with Gasteiger partial charge in [0.2, 0.25) is 15.9 Å². The highest BCUT2D eigenvalue weighted by Crippen LogP contribution is 2.31. The van der Waals surface area contributed by atoms with Gasteiger partial charge in [-0.25, -0.2) is 13.4 Å². The number of aromatic nitrogens is 1. The summed E-state index contributed by atoms with van der Waals surface area (Å²) in [4.78, 5) is 4.47. The Morgan fingerprint density at radius 2 is 1.88 bits per heavy atom. The second kappa shape index (κ2) is 7.51. The summed E-state index contributed by atoms with van der Waals surface area (Å²) in [6, 6.07) is 10.1. The summed E-state index contributed by atoms with van der Waals surface area (Å²) in [5.74, 6) is 1.38. The van der Waals surface area contributed by atoms with Gasteiger partial charge >= 0.3 is 0 Å². The molecule has 0 spiro atoms. The molecule has 0 bridgehead atoms. The Kier molecular flexibility index (Phi) is 5.33. The monoisotopic (exact) mass is 378 g/mol. The number of hydrogen-bond acceptors (Lipinski definition) is 6. The van der Waals surface area contributed by atoms with Crippen LogP contribution in [0, 0.1) is 6.92 Å². The quantitative estimate of drug-likeness (QED) is 0.767. The van der Waals surface area contributed by atoms with Crippen LogP contribution in [-0.2, 0) is 10.0 Å². The van der Waals surface area contributed by atoms with Gasteiger partial charge in [-0.2, -0.15) is 4.31 Å². The van der Waals surface area contributed by atoms with Crippen LogP contribution in [0.1, 0.15) is 12.1 Å². The Morgan fingerprint density at radius 1 is 1.12 bits per heavy atom. The highest BCUT2D eigenvalue weighted by Gasteiger charge is 2.34. The number of aryl methyl sites for hydroxylation is 1. The van der Waals surface area contributed by atoms with Gasteiger partial charge in [-0.1, -0.05) is 6.07 Å². The topological polar surface area (TPSA) is 78.0 Å². The number of pyridine rings is 1. The van der Waals surface area contributed by atoms with E-state index in [1.165, 1.54) is 30.7 Å². The fourth-order valence-corrected chi connectivity index (χ4v) is 4.40. The largest absolute Gasteiger partial charge is 0.493 e. The lowest BCUT2D eigenvalue weighted by Gasteiger charge is -2.18. The van der Waals surface area contributed by atoms with Crippen LogP contribution in [-0.4, -0.2) is 51.1 Å².